The number of nitrogens with one attached hydrogen (secondary N) is 1. The van der Waals surface area contributed by atoms with E-state index in [-0.39, 0.29) is 5.84 Å². The number of piperazine rings is 1. The van der Waals surface area contributed by atoms with Gasteiger partial charge in [0.25, 0.3) is 0 Å². The maximum atomic E-state index is 7.33. The van der Waals surface area contributed by atoms with E-state index in [1.54, 1.807) is 12.4 Å². The fourth-order valence-electron chi connectivity index (χ4n) is 3.21. The third-order valence-corrected chi connectivity index (χ3v) is 4.39. The van der Waals surface area contributed by atoms with Gasteiger partial charge in [-0.2, -0.15) is 0 Å². The summed E-state index contributed by atoms with van der Waals surface area (Å²) in [5, 5.41) is 7.33. The standard InChI is InChI=1S/C14H22N6/c15-14(16)12-9-18-13(10-17-12)20-7-5-19(6-8-20)11-3-1-2-4-11/h9-11H,1-8H2,(H3,15,16). The van der Waals surface area contributed by atoms with Gasteiger partial charge in [0.1, 0.15) is 17.3 Å². The minimum absolute atomic E-state index is 0.0323. The first-order valence-electron chi connectivity index (χ1n) is 7.39. The molecule has 1 saturated carbocycles. The van der Waals surface area contributed by atoms with Crippen LogP contribution in [0.2, 0.25) is 0 Å². The molecule has 1 saturated heterocycles. The summed E-state index contributed by atoms with van der Waals surface area (Å²) in [5.41, 5.74) is 5.83. The number of rotatable bonds is 3. The molecular weight excluding hydrogens is 252 g/mol. The fourth-order valence-corrected chi connectivity index (χ4v) is 3.21. The number of nitrogens with two attached hydrogens (primary N) is 1. The van der Waals surface area contributed by atoms with Crippen molar-refractivity contribution in [2.75, 3.05) is 31.1 Å². The zero-order valence-electron chi connectivity index (χ0n) is 11.8. The molecule has 0 spiro atoms. The Morgan fingerprint density at radius 3 is 2.35 bits per heavy atom. The second-order valence-corrected chi connectivity index (χ2v) is 5.63. The van der Waals surface area contributed by atoms with Gasteiger partial charge >= 0.3 is 0 Å². The molecule has 0 radical (unpaired) electrons. The molecule has 1 aromatic heterocycles. The monoisotopic (exact) mass is 274 g/mol. The van der Waals surface area contributed by atoms with Crippen molar-refractivity contribution in [2.24, 2.45) is 5.73 Å². The Morgan fingerprint density at radius 1 is 1.10 bits per heavy atom. The number of nitrogen functional groups attached to an aromatic ring is 1. The Morgan fingerprint density at radius 2 is 1.80 bits per heavy atom. The van der Waals surface area contributed by atoms with Crippen LogP contribution in [0.1, 0.15) is 31.4 Å². The first-order valence-corrected chi connectivity index (χ1v) is 7.39. The van der Waals surface area contributed by atoms with Crippen LogP contribution < -0.4 is 10.6 Å². The van der Waals surface area contributed by atoms with E-state index in [4.69, 9.17) is 11.1 Å². The molecule has 108 valence electrons. The van der Waals surface area contributed by atoms with Crippen molar-refractivity contribution in [3.8, 4) is 0 Å². The van der Waals surface area contributed by atoms with Gasteiger partial charge in [-0.15, -0.1) is 0 Å². The molecule has 2 fully saturated rings. The summed E-state index contributed by atoms with van der Waals surface area (Å²) in [5.74, 6) is 0.858. The van der Waals surface area contributed by atoms with E-state index in [0.717, 1.165) is 38.0 Å². The maximum absolute atomic E-state index is 7.33. The van der Waals surface area contributed by atoms with Gasteiger partial charge in [-0.25, -0.2) is 9.97 Å². The summed E-state index contributed by atoms with van der Waals surface area (Å²) in [4.78, 5) is 13.4. The van der Waals surface area contributed by atoms with E-state index in [0.29, 0.717) is 5.69 Å². The second kappa shape index (κ2) is 5.75. The Labute approximate surface area is 119 Å². The number of amidine groups is 1. The molecule has 0 amide bonds. The van der Waals surface area contributed by atoms with Gasteiger partial charge in [-0.3, -0.25) is 10.3 Å². The van der Waals surface area contributed by atoms with E-state index in [1.807, 2.05) is 0 Å². The van der Waals surface area contributed by atoms with Crippen LogP contribution in [0, 0.1) is 5.41 Å². The molecule has 2 heterocycles. The van der Waals surface area contributed by atoms with Crippen molar-refractivity contribution in [1.82, 2.24) is 14.9 Å². The highest BCUT2D eigenvalue weighted by molar-refractivity contribution is 5.92. The normalized spacial score (nSPS) is 21.3. The van der Waals surface area contributed by atoms with E-state index in [9.17, 15) is 0 Å². The lowest BCUT2D eigenvalue weighted by molar-refractivity contribution is 0.187. The third kappa shape index (κ3) is 2.75. The molecule has 1 aromatic rings. The molecule has 3 rings (SSSR count). The summed E-state index contributed by atoms with van der Waals surface area (Å²) in [6.45, 7) is 4.23. The number of aromatic nitrogens is 2. The van der Waals surface area contributed by atoms with Crippen LogP contribution in [0.25, 0.3) is 0 Å². The van der Waals surface area contributed by atoms with Crippen LogP contribution in [-0.4, -0.2) is 52.9 Å². The van der Waals surface area contributed by atoms with E-state index < -0.39 is 0 Å². The van der Waals surface area contributed by atoms with Crippen LogP contribution in [0.5, 0.6) is 0 Å². The van der Waals surface area contributed by atoms with Crippen molar-refractivity contribution >= 4 is 11.7 Å². The quantitative estimate of drug-likeness (QED) is 0.630. The zero-order valence-corrected chi connectivity index (χ0v) is 11.8. The molecule has 6 nitrogen and oxygen atoms in total. The molecule has 1 aliphatic heterocycles. The summed E-state index contributed by atoms with van der Waals surface area (Å²) in [6.07, 6.45) is 8.83. The van der Waals surface area contributed by atoms with Crippen LogP contribution in [0.4, 0.5) is 5.82 Å². The summed E-state index contributed by atoms with van der Waals surface area (Å²) >= 11 is 0. The molecular formula is C14H22N6. The van der Waals surface area contributed by atoms with E-state index >= 15 is 0 Å². The predicted molar refractivity (Wildman–Crippen MR) is 79.1 cm³/mol. The first kappa shape index (κ1) is 13.3. The molecule has 3 N–H and O–H groups in total. The molecule has 0 aromatic carbocycles. The minimum atomic E-state index is -0.0323. The second-order valence-electron chi connectivity index (χ2n) is 5.63. The van der Waals surface area contributed by atoms with Crippen LogP contribution in [-0.2, 0) is 0 Å². The van der Waals surface area contributed by atoms with Gasteiger partial charge < -0.3 is 10.6 Å². The van der Waals surface area contributed by atoms with Crippen LogP contribution >= 0.6 is 0 Å². The summed E-state index contributed by atoms with van der Waals surface area (Å²) in [6, 6.07) is 0.809. The van der Waals surface area contributed by atoms with Crippen molar-refractivity contribution in [3.05, 3.63) is 18.1 Å². The number of hydrogen-bond donors (Lipinski definition) is 2. The Kier molecular flexibility index (Phi) is 3.82. The SMILES string of the molecule is N=C(N)c1cnc(N2CCN(C3CCCC3)CC2)cn1. The van der Waals surface area contributed by atoms with Crippen LogP contribution in [0.15, 0.2) is 12.4 Å². The smallest absolute Gasteiger partial charge is 0.147 e. The van der Waals surface area contributed by atoms with Gasteiger partial charge in [-0.1, -0.05) is 12.8 Å². The highest BCUT2D eigenvalue weighted by Gasteiger charge is 2.26. The lowest BCUT2D eigenvalue weighted by atomic mass is 10.2. The average Bonchev–Trinajstić information content (AvgIpc) is 3.02. The lowest BCUT2D eigenvalue weighted by Gasteiger charge is -2.38. The van der Waals surface area contributed by atoms with Gasteiger partial charge in [0.15, 0.2) is 0 Å². The van der Waals surface area contributed by atoms with Crippen molar-refractivity contribution < 1.29 is 0 Å². The average molecular weight is 274 g/mol. The predicted octanol–water partition coefficient (Wildman–Crippen LogP) is 0.825. The molecule has 0 unspecified atom stereocenters. The summed E-state index contributed by atoms with van der Waals surface area (Å²) < 4.78 is 0. The summed E-state index contributed by atoms with van der Waals surface area (Å²) in [7, 11) is 0. The molecule has 0 atom stereocenters. The van der Waals surface area contributed by atoms with E-state index in [1.165, 1.54) is 25.7 Å². The highest BCUT2D eigenvalue weighted by Crippen LogP contribution is 2.25. The maximum Gasteiger partial charge on any atom is 0.147 e. The molecule has 1 aliphatic carbocycles. The van der Waals surface area contributed by atoms with Gasteiger partial charge in [0.05, 0.1) is 12.4 Å². The van der Waals surface area contributed by atoms with Gasteiger partial charge in [0.2, 0.25) is 0 Å². The molecule has 2 aliphatic rings. The number of hydrogen-bond acceptors (Lipinski definition) is 5. The van der Waals surface area contributed by atoms with Crippen molar-refractivity contribution in [3.63, 3.8) is 0 Å². The minimum Gasteiger partial charge on any atom is -0.382 e. The molecule has 20 heavy (non-hydrogen) atoms. The topological polar surface area (TPSA) is 82.1 Å². The first-order chi connectivity index (χ1) is 9.74. The van der Waals surface area contributed by atoms with E-state index in [2.05, 4.69) is 19.8 Å². The molecule has 6 heteroatoms. The van der Waals surface area contributed by atoms with Gasteiger partial charge in [0, 0.05) is 32.2 Å². The van der Waals surface area contributed by atoms with Crippen molar-refractivity contribution in [2.45, 2.75) is 31.7 Å². The fraction of sp³-hybridized carbons (Fsp3) is 0.643. The van der Waals surface area contributed by atoms with Gasteiger partial charge in [-0.05, 0) is 12.8 Å². The zero-order chi connectivity index (χ0) is 13.9. The van der Waals surface area contributed by atoms with Crippen LogP contribution in [0.3, 0.4) is 0 Å². The molecule has 0 bridgehead atoms. The Hall–Kier alpha value is -1.69. The number of nitrogens with zero attached hydrogens (tertiary/aromatic N) is 4. The lowest BCUT2D eigenvalue weighted by Crippen LogP contribution is -2.50. The Balaban J connectivity index is 1.58. The highest BCUT2D eigenvalue weighted by atomic mass is 15.3. The third-order valence-electron chi connectivity index (χ3n) is 4.39. The number of anilines is 1. The Bertz CT molecular complexity index is 457. The largest absolute Gasteiger partial charge is 0.382 e. The van der Waals surface area contributed by atoms with Crippen molar-refractivity contribution in [1.29, 1.82) is 5.41 Å².